The molecule has 2 saturated heterocycles. The zero-order valence-corrected chi connectivity index (χ0v) is 18.3. The van der Waals surface area contributed by atoms with Crippen molar-refractivity contribution in [2.45, 2.75) is 43.8 Å². The number of hydrogen-bond acceptors (Lipinski definition) is 6. The second-order valence-corrected chi connectivity index (χ2v) is 9.25. The molecule has 2 aromatic carbocycles. The van der Waals surface area contributed by atoms with Gasteiger partial charge in [-0.1, -0.05) is 17.4 Å². The number of thiazole rings is 1. The van der Waals surface area contributed by atoms with Gasteiger partial charge in [-0.15, -0.1) is 0 Å². The highest BCUT2D eigenvalue weighted by molar-refractivity contribution is 7.20. The van der Waals surface area contributed by atoms with Crippen molar-refractivity contribution >= 4 is 27.6 Å². The molecule has 9 heteroatoms. The van der Waals surface area contributed by atoms with E-state index < -0.39 is 6.03 Å². The smallest absolute Gasteiger partial charge is 0.312 e. The highest BCUT2D eigenvalue weighted by atomic mass is 32.1. The number of rotatable bonds is 7. The highest BCUT2D eigenvalue weighted by Gasteiger charge is 2.40. The normalized spacial score (nSPS) is 22.7. The van der Waals surface area contributed by atoms with Crippen LogP contribution in [0.15, 0.2) is 42.5 Å². The summed E-state index contributed by atoms with van der Waals surface area (Å²) in [7, 11) is 0. The number of nitrogens with zero attached hydrogens (tertiary/aromatic N) is 2. The van der Waals surface area contributed by atoms with Gasteiger partial charge in [-0.25, -0.2) is 14.2 Å². The lowest BCUT2D eigenvalue weighted by Gasteiger charge is -2.38. The van der Waals surface area contributed by atoms with Gasteiger partial charge in [0, 0.05) is 24.7 Å². The number of ether oxygens (including phenoxy) is 2. The van der Waals surface area contributed by atoms with E-state index in [1.54, 1.807) is 12.1 Å². The summed E-state index contributed by atoms with van der Waals surface area (Å²) in [6, 6.07) is 12.9. The van der Waals surface area contributed by atoms with Gasteiger partial charge in [0.25, 0.3) is 5.19 Å². The minimum Gasteiger partial charge on any atom is -0.492 e. The second-order valence-electron chi connectivity index (χ2n) is 8.29. The molecule has 168 valence electrons. The fourth-order valence-electron chi connectivity index (χ4n) is 4.87. The van der Waals surface area contributed by atoms with Gasteiger partial charge < -0.3 is 20.5 Å². The molecule has 0 spiro atoms. The number of amides is 2. The van der Waals surface area contributed by atoms with E-state index in [1.165, 1.54) is 17.4 Å². The zero-order chi connectivity index (χ0) is 22.1. The molecule has 2 aliphatic heterocycles. The van der Waals surface area contributed by atoms with Gasteiger partial charge in [-0.2, -0.15) is 0 Å². The molecule has 0 radical (unpaired) electrons. The molecule has 0 aliphatic carbocycles. The van der Waals surface area contributed by atoms with E-state index in [0.717, 1.165) is 38.0 Å². The predicted molar refractivity (Wildman–Crippen MR) is 121 cm³/mol. The van der Waals surface area contributed by atoms with E-state index in [4.69, 9.17) is 15.2 Å². The molecule has 2 fully saturated rings. The quantitative estimate of drug-likeness (QED) is 0.554. The number of nitrogens with one attached hydrogen (secondary N) is 1. The van der Waals surface area contributed by atoms with E-state index >= 15 is 0 Å². The van der Waals surface area contributed by atoms with Gasteiger partial charge in [0.2, 0.25) is 0 Å². The predicted octanol–water partition coefficient (Wildman–Crippen LogP) is 4.27. The van der Waals surface area contributed by atoms with Crippen LogP contribution in [0.1, 0.15) is 25.7 Å². The minimum absolute atomic E-state index is 0.182. The SMILES string of the molecule is NC(=O)N[C@@H]1C[C@H]2CC[C@@H](C1)N2CCOc1ccc(Oc2nc3cccc(F)c3s2)cc1. The van der Waals surface area contributed by atoms with Gasteiger partial charge >= 0.3 is 6.03 Å². The molecule has 2 bridgehead atoms. The van der Waals surface area contributed by atoms with Crippen LogP contribution in [0.4, 0.5) is 9.18 Å². The van der Waals surface area contributed by atoms with E-state index in [2.05, 4.69) is 15.2 Å². The molecule has 7 nitrogen and oxygen atoms in total. The van der Waals surface area contributed by atoms with Crippen LogP contribution in [-0.4, -0.2) is 47.2 Å². The molecular weight excluding hydrogens is 431 g/mol. The topological polar surface area (TPSA) is 89.7 Å². The summed E-state index contributed by atoms with van der Waals surface area (Å²) in [6.07, 6.45) is 4.20. The number of urea groups is 1. The summed E-state index contributed by atoms with van der Waals surface area (Å²) in [5.74, 6) is 1.10. The number of nitrogens with two attached hydrogens (primary N) is 1. The van der Waals surface area contributed by atoms with E-state index in [1.807, 2.05) is 24.3 Å². The Bertz CT molecular complexity index is 1090. The molecule has 32 heavy (non-hydrogen) atoms. The third kappa shape index (κ3) is 4.49. The van der Waals surface area contributed by atoms with Crippen molar-refractivity contribution < 1.29 is 18.7 Å². The number of carbonyl (C=O) groups is 1. The molecule has 1 aromatic heterocycles. The molecule has 2 amide bonds. The fraction of sp³-hybridized carbons (Fsp3) is 0.391. The van der Waals surface area contributed by atoms with Gasteiger partial charge in [0.05, 0.1) is 10.2 Å². The average Bonchev–Trinajstić information content (AvgIpc) is 3.27. The summed E-state index contributed by atoms with van der Waals surface area (Å²) in [6.45, 7) is 1.45. The first kappa shape index (κ1) is 21.0. The number of fused-ring (bicyclic) bond motifs is 3. The summed E-state index contributed by atoms with van der Waals surface area (Å²) in [4.78, 5) is 18.0. The molecule has 5 rings (SSSR count). The average molecular weight is 457 g/mol. The molecule has 3 heterocycles. The molecule has 0 unspecified atom stereocenters. The Hall–Kier alpha value is -2.91. The van der Waals surface area contributed by atoms with Gasteiger partial charge in [-0.3, -0.25) is 4.90 Å². The standard InChI is InChI=1S/C23H25FN4O3S/c24-19-2-1-3-20-21(19)32-23(27-20)31-18-8-6-17(7-9-18)30-11-10-28-15-4-5-16(28)13-14(12-15)26-22(25)29/h1-3,6-9,14-16H,4-5,10-13H2,(H3,25,26,29)/t14-,15-,16+. The number of aromatic nitrogens is 1. The Morgan fingerprint density at radius 2 is 1.88 bits per heavy atom. The van der Waals surface area contributed by atoms with Crippen LogP contribution in [0.5, 0.6) is 16.7 Å². The lowest BCUT2D eigenvalue weighted by molar-refractivity contribution is 0.1000. The largest absolute Gasteiger partial charge is 0.492 e. The van der Waals surface area contributed by atoms with Crippen LogP contribution in [0.25, 0.3) is 10.2 Å². The summed E-state index contributed by atoms with van der Waals surface area (Å²) >= 11 is 1.19. The second kappa shape index (κ2) is 8.91. The molecule has 3 atom stereocenters. The zero-order valence-electron chi connectivity index (χ0n) is 17.5. The molecular formula is C23H25FN4O3S. The lowest BCUT2D eigenvalue weighted by Crippen LogP contribution is -2.52. The van der Waals surface area contributed by atoms with Crippen LogP contribution in [0, 0.1) is 5.82 Å². The number of primary amides is 1. The van der Waals surface area contributed by atoms with Crippen molar-refractivity contribution in [2.24, 2.45) is 5.73 Å². The van der Waals surface area contributed by atoms with Crippen LogP contribution < -0.4 is 20.5 Å². The van der Waals surface area contributed by atoms with Crippen LogP contribution in [0.2, 0.25) is 0 Å². The van der Waals surface area contributed by atoms with Crippen LogP contribution in [0.3, 0.4) is 0 Å². The van der Waals surface area contributed by atoms with E-state index in [0.29, 0.717) is 39.9 Å². The Morgan fingerprint density at radius 3 is 2.56 bits per heavy atom. The Labute approximate surface area is 189 Å². The van der Waals surface area contributed by atoms with Crippen molar-refractivity contribution in [1.29, 1.82) is 0 Å². The van der Waals surface area contributed by atoms with E-state index in [9.17, 15) is 9.18 Å². The van der Waals surface area contributed by atoms with Crippen molar-refractivity contribution in [1.82, 2.24) is 15.2 Å². The number of hydrogen-bond donors (Lipinski definition) is 2. The third-order valence-electron chi connectivity index (χ3n) is 6.23. The summed E-state index contributed by atoms with van der Waals surface area (Å²) in [5.41, 5.74) is 5.87. The van der Waals surface area contributed by atoms with Crippen molar-refractivity contribution in [3.05, 3.63) is 48.3 Å². The monoisotopic (exact) mass is 456 g/mol. The molecule has 3 N–H and O–H groups in total. The third-order valence-corrected chi connectivity index (χ3v) is 7.18. The molecule has 3 aromatic rings. The number of carbonyl (C=O) groups excluding carboxylic acids is 1. The Balaban J connectivity index is 1.12. The van der Waals surface area contributed by atoms with Gasteiger partial charge in [-0.05, 0) is 62.1 Å². The van der Waals surface area contributed by atoms with Crippen LogP contribution in [-0.2, 0) is 0 Å². The number of piperidine rings is 1. The highest BCUT2D eigenvalue weighted by Crippen LogP contribution is 2.36. The maximum atomic E-state index is 13.8. The number of benzene rings is 2. The van der Waals surface area contributed by atoms with Crippen molar-refractivity contribution in [3.8, 4) is 16.7 Å². The fourth-order valence-corrected chi connectivity index (χ4v) is 5.71. The summed E-state index contributed by atoms with van der Waals surface area (Å²) < 4.78 is 26.1. The Kier molecular flexibility index (Phi) is 5.84. The van der Waals surface area contributed by atoms with Crippen molar-refractivity contribution in [2.75, 3.05) is 13.2 Å². The first-order valence-electron chi connectivity index (χ1n) is 10.8. The van der Waals surface area contributed by atoms with Crippen LogP contribution >= 0.6 is 11.3 Å². The Morgan fingerprint density at radius 1 is 1.16 bits per heavy atom. The first-order valence-corrected chi connectivity index (χ1v) is 11.6. The maximum Gasteiger partial charge on any atom is 0.312 e. The first-order chi connectivity index (χ1) is 15.5. The number of halogens is 1. The van der Waals surface area contributed by atoms with Gasteiger partial charge in [0.15, 0.2) is 0 Å². The molecule has 2 aliphatic rings. The lowest BCUT2D eigenvalue weighted by atomic mass is 9.97. The minimum atomic E-state index is -0.436. The van der Waals surface area contributed by atoms with Crippen molar-refractivity contribution in [3.63, 3.8) is 0 Å². The summed E-state index contributed by atoms with van der Waals surface area (Å²) in [5, 5.41) is 3.27. The molecule has 0 saturated carbocycles. The maximum absolute atomic E-state index is 13.8. The van der Waals surface area contributed by atoms with Gasteiger partial charge in [0.1, 0.15) is 23.9 Å². The van der Waals surface area contributed by atoms with E-state index in [-0.39, 0.29) is 11.9 Å².